The van der Waals surface area contributed by atoms with Crippen LogP contribution in [0.3, 0.4) is 0 Å². The maximum Gasteiger partial charge on any atom is 0.292 e. The lowest BCUT2D eigenvalue weighted by Gasteiger charge is -2.12. The van der Waals surface area contributed by atoms with Gasteiger partial charge in [-0.1, -0.05) is 12.1 Å². The Morgan fingerprint density at radius 3 is 2.73 bits per heavy atom. The lowest BCUT2D eigenvalue weighted by atomic mass is 10.2. The van der Waals surface area contributed by atoms with E-state index >= 15 is 0 Å². The normalized spacial score (nSPS) is 12.1. The van der Waals surface area contributed by atoms with Gasteiger partial charge in [-0.15, -0.1) is 0 Å². The molecule has 5 nitrogen and oxygen atoms in total. The molecule has 0 aliphatic rings. The number of para-hydroxylation sites is 2. The van der Waals surface area contributed by atoms with E-state index in [1.165, 1.54) is 6.07 Å². The first kappa shape index (κ1) is 11.5. The molecular weight excluding hydrogens is 194 g/mol. The quantitative estimate of drug-likeness (QED) is 0.571. The van der Waals surface area contributed by atoms with Crippen LogP contribution in [0.25, 0.3) is 0 Å². The third-order valence-electron chi connectivity index (χ3n) is 2.19. The summed E-state index contributed by atoms with van der Waals surface area (Å²) in [5.41, 5.74) is 0.672. The van der Waals surface area contributed by atoms with Crippen LogP contribution in [-0.4, -0.2) is 24.6 Å². The second kappa shape index (κ2) is 5.31. The summed E-state index contributed by atoms with van der Waals surface area (Å²) in [5, 5.41) is 16.8. The number of rotatable bonds is 5. The van der Waals surface area contributed by atoms with Gasteiger partial charge < -0.3 is 10.6 Å². The summed E-state index contributed by atoms with van der Waals surface area (Å²) >= 11 is 0. The Morgan fingerprint density at radius 2 is 2.13 bits per heavy atom. The fraction of sp³-hybridized carbons (Fsp3) is 0.400. The van der Waals surface area contributed by atoms with Crippen LogP contribution in [0.1, 0.15) is 6.92 Å². The van der Waals surface area contributed by atoms with Crippen LogP contribution in [0, 0.1) is 10.1 Å². The Hall–Kier alpha value is -1.62. The zero-order valence-corrected chi connectivity index (χ0v) is 8.86. The lowest BCUT2D eigenvalue weighted by Crippen LogP contribution is -2.29. The third kappa shape index (κ3) is 3.21. The van der Waals surface area contributed by atoms with Crippen LogP contribution in [0.2, 0.25) is 0 Å². The zero-order valence-electron chi connectivity index (χ0n) is 8.86. The van der Waals surface area contributed by atoms with Crippen LogP contribution < -0.4 is 10.6 Å². The van der Waals surface area contributed by atoms with E-state index in [9.17, 15) is 10.1 Å². The molecule has 0 bridgehead atoms. The van der Waals surface area contributed by atoms with Crippen molar-refractivity contribution in [3.63, 3.8) is 0 Å². The number of nitro benzene ring substituents is 1. The second-order valence-corrected chi connectivity index (χ2v) is 3.34. The lowest BCUT2D eigenvalue weighted by molar-refractivity contribution is -0.384. The van der Waals surface area contributed by atoms with Crippen molar-refractivity contribution >= 4 is 11.4 Å². The van der Waals surface area contributed by atoms with E-state index in [0.717, 1.165) is 0 Å². The highest BCUT2D eigenvalue weighted by atomic mass is 16.6. The van der Waals surface area contributed by atoms with E-state index in [1.54, 1.807) is 18.2 Å². The average Bonchev–Trinajstić information content (AvgIpc) is 2.26. The van der Waals surface area contributed by atoms with E-state index in [2.05, 4.69) is 10.6 Å². The van der Waals surface area contributed by atoms with Crippen LogP contribution in [-0.2, 0) is 0 Å². The van der Waals surface area contributed by atoms with Gasteiger partial charge in [0.2, 0.25) is 0 Å². The minimum atomic E-state index is -0.383. The summed E-state index contributed by atoms with van der Waals surface area (Å²) in [4.78, 5) is 10.3. The highest BCUT2D eigenvalue weighted by Crippen LogP contribution is 2.22. The molecule has 1 atom stereocenters. The average molecular weight is 209 g/mol. The predicted molar refractivity (Wildman–Crippen MR) is 60.1 cm³/mol. The Morgan fingerprint density at radius 1 is 1.47 bits per heavy atom. The van der Waals surface area contributed by atoms with Crippen LogP contribution >= 0.6 is 0 Å². The number of anilines is 1. The zero-order chi connectivity index (χ0) is 11.3. The van der Waals surface area contributed by atoms with E-state index < -0.39 is 0 Å². The molecule has 1 rings (SSSR count). The molecule has 5 heteroatoms. The van der Waals surface area contributed by atoms with Crippen molar-refractivity contribution < 1.29 is 4.92 Å². The number of hydrogen-bond acceptors (Lipinski definition) is 4. The van der Waals surface area contributed by atoms with Gasteiger partial charge in [0.25, 0.3) is 5.69 Å². The van der Waals surface area contributed by atoms with Gasteiger partial charge >= 0.3 is 0 Å². The highest BCUT2D eigenvalue weighted by Gasteiger charge is 2.11. The molecule has 0 amide bonds. The molecule has 1 aromatic rings. The smallest absolute Gasteiger partial charge is 0.292 e. The van der Waals surface area contributed by atoms with Gasteiger partial charge in [-0.05, 0) is 20.0 Å². The Kier molecular flexibility index (Phi) is 4.05. The summed E-state index contributed by atoms with van der Waals surface area (Å²) in [5.74, 6) is 0. The van der Waals surface area contributed by atoms with Crippen molar-refractivity contribution in [2.24, 2.45) is 0 Å². The SMILES string of the molecule is CNC(C)CNc1ccccc1[N+](=O)[O-]. The largest absolute Gasteiger partial charge is 0.378 e. The molecule has 15 heavy (non-hydrogen) atoms. The van der Waals surface area contributed by atoms with Gasteiger partial charge in [-0.25, -0.2) is 0 Å². The minimum absolute atomic E-state index is 0.112. The van der Waals surface area contributed by atoms with Gasteiger partial charge in [0.1, 0.15) is 5.69 Å². The van der Waals surface area contributed by atoms with Crippen molar-refractivity contribution in [1.82, 2.24) is 5.32 Å². The molecule has 0 radical (unpaired) electrons. The Balaban J connectivity index is 2.72. The molecule has 0 aliphatic heterocycles. The predicted octanol–water partition coefficient (Wildman–Crippen LogP) is 1.61. The van der Waals surface area contributed by atoms with Gasteiger partial charge in [-0.3, -0.25) is 10.1 Å². The molecule has 1 aromatic carbocycles. The van der Waals surface area contributed by atoms with E-state index in [-0.39, 0.29) is 16.7 Å². The monoisotopic (exact) mass is 209 g/mol. The van der Waals surface area contributed by atoms with Crippen molar-refractivity contribution in [1.29, 1.82) is 0 Å². The molecule has 0 saturated heterocycles. The van der Waals surface area contributed by atoms with E-state index in [4.69, 9.17) is 0 Å². The molecule has 0 aromatic heterocycles. The molecule has 0 heterocycles. The fourth-order valence-corrected chi connectivity index (χ4v) is 1.15. The molecule has 2 N–H and O–H groups in total. The van der Waals surface area contributed by atoms with Gasteiger partial charge in [0.15, 0.2) is 0 Å². The highest BCUT2D eigenvalue weighted by molar-refractivity contribution is 5.61. The van der Waals surface area contributed by atoms with Crippen LogP contribution in [0.5, 0.6) is 0 Å². The van der Waals surface area contributed by atoms with Gasteiger partial charge in [0, 0.05) is 18.7 Å². The number of nitrogens with one attached hydrogen (secondary N) is 2. The number of likely N-dealkylation sites (N-methyl/N-ethyl adjacent to an activating group) is 1. The fourth-order valence-electron chi connectivity index (χ4n) is 1.15. The molecule has 0 spiro atoms. The molecule has 0 fully saturated rings. The summed E-state index contributed by atoms with van der Waals surface area (Å²) in [6.07, 6.45) is 0. The van der Waals surface area contributed by atoms with E-state index in [0.29, 0.717) is 12.2 Å². The van der Waals surface area contributed by atoms with Crippen molar-refractivity contribution in [2.45, 2.75) is 13.0 Å². The Bertz CT molecular complexity index is 341. The van der Waals surface area contributed by atoms with Crippen LogP contribution in [0.4, 0.5) is 11.4 Å². The minimum Gasteiger partial charge on any atom is -0.378 e. The maximum atomic E-state index is 10.7. The van der Waals surface area contributed by atoms with Gasteiger partial charge in [-0.2, -0.15) is 0 Å². The number of nitrogens with zero attached hydrogens (tertiary/aromatic N) is 1. The number of hydrogen-bond donors (Lipinski definition) is 2. The number of benzene rings is 1. The van der Waals surface area contributed by atoms with E-state index in [1.807, 2.05) is 14.0 Å². The molecular formula is C10H15N3O2. The molecule has 82 valence electrons. The van der Waals surface area contributed by atoms with Crippen molar-refractivity contribution in [3.05, 3.63) is 34.4 Å². The second-order valence-electron chi connectivity index (χ2n) is 3.34. The first-order chi connectivity index (χ1) is 7.15. The summed E-state index contributed by atoms with van der Waals surface area (Å²) < 4.78 is 0. The third-order valence-corrected chi connectivity index (χ3v) is 2.19. The number of nitro groups is 1. The van der Waals surface area contributed by atoms with Crippen LogP contribution in [0.15, 0.2) is 24.3 Å². The first-order valence-electron chi connectivity index (χ1n) is 4.79. The van der Waals surface area contributed by atoms with Crippen molar-refractivity contribution in [3.8, 4) is 0 Å². The van der Waals surface area contributed by atoms with Gasteiger partial charge in [0.05, 0.1) is 4.92 Å². The molecule has 0 aliphatic carbocycles. The maximum absolute atomic E-state index is 10.7. The topological polar surface area (TPSA) is 67.2 Å². The Labute approximate surface area is 88.6 Å². The van der Waals surface area contributed by atoms with Crippen molar-refractivity contribution in [2.75, 3.05) is 18.9 Å². The molecule has 0 saturated carbocycles. The molecule has 1 unspecified atom stereocenters. The summed E-state index contributed by atoms with van der Waals surface area (Å²) in [7, 11) is 1.85. The summed E-state index contributed by atoms with van der Waals surface area (Å²) in [6, 6.07) is 6.90. The first-order valence-corrected chi connectivity index (χ1v) is 4.79. The standard InChI is InChI=1S/C10H15N3O2/c1-8(11-2)7-12-9-5-3-4-6-10(9)13(14)15/h3-6,8,11-12H,7H2,1-2H3. The summed E-state index contributed by atoms with van der Waals surface area (Å²) in [6.45, 7) is 2.66.